The number of hydrogen-bond acceptors (Lipinski definition) is 4. The van der Waals surface area contributed by atoms with Gasteiger partial charge in [-0.1, -0.05) is 18.2 Å². The van der Waals surface area contributed by atoms with E-state index in [2.05, 4.69) is 10.1 Å². The molecule has 166 valence electrons. The average Bonchev–Trinajstić information content (AvgIpc) is 2.75. The molecule has 3 rings (SSSR count). The number of ether oxygens (including phenoxy) is 1. The molecule has 9 heteroatoms. The van der Waals surface area contributed by atoms with Crippen molar-refractivity contribution in [3.05, 3.63) is 65.0 Å². The number of nitrogens with zero attached hydrogens (tertiary/aromatic N) is 2. The van der Waals surface area contributed by atoms with Gasteiger partial charge in [-0.2, -0.15) is 8.78 Å². The van der Waals surface area contributed by atoms with Crippen LogP contribution in [0.4, 0.5) is 13.2 Å². The van der Waals surface area contributed by atoms with Crippen LogP contribution < -0.4 is 10.1 Å². The van der Waals surface area contributed by atoms with Gasteiger partial charge in [0.15, 0.2) is 0 Å². The molecule has 1 N–H and O–H groups in total. The summed E-state index contributed by atoms with van der Waals surface area (Å²) >= 11 is 0. The highest BCUT2D eigenvalue weighted by Gasteiger charge is 2.23. The van der Waals surface area contributed by atoms with Crippen LogP contribution in [0.1, 0.15) is 21.5 Å². The summed E-state index contributed by atoms with van der Waals surface area (Å²) in [6.07, 6.45) is 0. The van der Waals surface area contributed by atoms with Gasteiger partial charge < -0.3 is 15.0 Å². The summed E-state index contributed by atoms with van der Waals surface area (Å²) in [5.74, 6) is -0.737. The first-order valence-corrected chi connectivity index (χ1v) is 9.90. The molecule has 0 saturated carbocycles. The fraction of sp³-hybridized carbons (Fsp3) is 0.364. The number of amides is 2. The molecule has 0 atom stereocenters. The fourth-order valence-corrected chi connectivity index (χ4v) is 3.27. The fourth-order valence-electron chi connectivity index (χ4n) is 3.27. The third-order valence-electron chi connectivity index (χ3n) is 5.08. The van der Waals surface area contributed by atoms with Crippen molar-refractivity contribution in [1.82, 2.24) is 15.1 Å². The van der Waals surface area contributed by atoms with E-state index in [0.717, 1.165) is 5.56 Å². The zero-order chi connectivity index (χ0) is 22.4. The Hall–Kier alpha value is -3.07. The lowest BCUT2D eigenvalue weighted by Crippen LogP contribution is -2.51. The van der Waals surface area contributed by atoms with Crippen LogP contribution in [-0.4, -0.2) is 60.9 Å². The Morgan fingerprint density at radius 2 is 1.74 bits per heavy atom. The van der Waals surface area contributed by atoms with Crippen molar-refractivity contribution >= 4 is 11.8 Å². The zero-order valence-corrected chi connectivity index (χ0v) is 17.1. The van der Waals surface area contributed by atoms with Crippen molar-refractivity contribution in [1.29, 1.82) is 0 Å². The van der Waals surface area contributed by atoms with Crippen LogP contribution in [0.15, 0.2) is 42.5 Å². The lowest BCUT2D eigenvalue weighted by Gasteiger charge is -2.34. The van der Waals surface area contributed by atoms with Crippen LogP contribution in [-0.2, 0) is 11.3 Å². The number of hydrogen-bond donors (Lipinski definition) is 1. The van der Waals surface area contributed by atoms with Crippen molar-refractivity contribution < 1.29 is 27.5 Å². The molecule has 2 aromatic carbocycles. The molecule has 2 amide bonds. The van der Waals surface area contributed by atoms with Gasteiger partial charge in [0.05, 0.1) is 6.54 Å². The molecule has 0 aromatic heterocycles. The highest BCUT2D eigenvalue weighted by molar-refractivity contribution is 5.94. The molecule has 0 aliphatic carbocycles. The number of piperazine rings is 1. The first-order valence-electron chi connectivity index (χ1n) is 9.90. The summed E-state index contributed by atoms with van der Waals surface area (Å²) in [6, 6.07) is 10.5. The molecule has 1 aliphatic heterocycles. The van der Waals surface area contributed by atoms with E-state index in [-0.39, 0.29) is 30.7 Å². The Morgan fingerprint density at radius 1 is 1.06 bits per heavy atom. The number of benzene rings is 2. The average molecular weight is 435 g/mol. The highest BCUT2D eigenvalue weighted by Crippen LogP contribution is 2.15. The number of nitrogens with one attached hydrogen (secondary N) is 1. The van der Waals surface area contributed by atoms with Crippen LogP contribution in [0, 0.1) is 12.7 Å². The quantitative estimate of drug-likeness (QED) is 0.727. The maximum absolute atomic E-state index is 13.7. The Balaban J connectivity index is 1.41. The summed E-state index contributed by atoms with van der Waals surface area (Å²) in [6.45, 7) is 1.20. The topological polar surface area (TPSA) is 61.9 Å². The van der Waals surface area contributed by atoms with Crippen molar-refractivity contribution in [2.24, 2.45) is 0 Å². The molecule has 0 spiro atoms. The zero-order valence-electron chi connectivity index (χ0n) is 17.1. The Kier molecular flexibility index (Phi) is 7.51. The van der Waals surface area contributed by atoms with Crippen LogP contribution in [0.2, 0.25) is 0 Å². The van der Waals surface area contributed by atoms with E-state index in [1.54, 1.807) is 36.1 Å². The summed E-state index contributed by atoms with van der Waals surface area (Å²) in [4.78, 5) is 28.3. The second-order valence-electron chi connectivity index (χ2n) is 7.33. The number of aryl methyl sites for hydroxylation is 1. The monoisotopic (exact) mass is 435 g/mol. The van der Waals surface area contributed by atoms with E-state index in [1.165, 1.54) is 18.2 Å². The first-order chi connectivity index (χ1) is 14.8. The van der Waals surface area contributed by atoms with Gasteiger partial charge in [-0.25, -0.2) is 4.39 Å². The van der Waals surface area contributed by atoms with E-state index in [1.807, 2.05) is 4.90 Å². The van der Waals surface area contributed by atoms with Crippen molar-refractivity contribution in [3.63, 3.8) is 0 Å². The second kappa shape index (κ2) is 10.3. The summed E-state index contributed by atoms with van der Waals surface area (Å²) in [5.41, 5.74) is 1.57. The van der Waals surface area contributed by atoms with Gasteiger partial charge in [0.25, 0.3) is 5.91 Å². The van der Waals surface area contributed by atoms with Crippen LogP contribution in [0.3, 0.4) is 0 Å². The van der Waals surface area contributed by atoms with Crippen molar-refractivity contribution in [2.45, 2.75) is 20.1 Å². The van der Waals surface area contributed by atoms with Crippen LogP contribution >= 0.6 is 0 Å². The normalized spacial score (nSPS) is 14.5. The van der Waals surface area contributed by atoms with E-state index < -0.39 is 12.4 Å². The maximum atomic E-state index is 13.7. The molecule has 2 aromatic rings. The van der Waals surface area contributed by atoms with Crippen LogP contribution in [0.25, 0.3) is 0 Å². The maximum Gasteiger partial charge on any atom is 0.387 e. The van der Waals surface area contributed by atoms with E-state index >= 15 is 0 Å². The van der Waals surface area contributed by atoms with E-state index in [4.69, 9.17) is 0 Å². The van der Waals surface area contributed by atoms with Crippen molar-refractivity contribution in [2.75, 3.05) is 32.7 Å². The van der Waals surface area contributed by atoms with Gasteiger partial charge in [0.1, 0.15) is 11.6 Å². The van der Waals surface area contributed by atoms with Gasteiger partial charge in [0.2, 0.25) is 5.91 Å². The highest BCUT2D eigenvalue weighted by atomic mass is 19.3. The lowest BCUT2D eigenvalue weighted by atomic mass is 10.1. The number of carbonyl (C=O) groups is 2. The van der Waals surface area contributed by atoms with Gasteiger partial charge in [0, 0.05) is 38.3 Å². The molecule has 1 heterocycles. The number of carbonyl (C=O) groups excluding carboxylic acids is 2. The number of halogens is 3. The Bertz CT molecular complexity index is 914. The van der Waals surface area contributed by atoms with Gasteiger partial charge in [-0.3, -0.25) is 14.5 Å². The predicted octanol–water partition coefficient (Wildman–Crippen LogP) is 2.81. The molecule has 0 bridgehead atoms. The minimum atomic E-state index is -2.88. The minimum Gasteiger partial charge on any atom is -0.435 e. The smallest absolute Gasteiger partial charge is 0.387 e. The molecule has 31 heavy (non-hydrogen) atoms. The second-order valence-corrected chi connectivity index (χ2v) is 7.33. The SMILES string of the molecule is Cc1ccc(C(=O)N2CCN(CC(=O)NCc3ccc(OC(F)F)cc3)CC2)cc1F. The Morgan fingerprint density at radius 3 is 2.35 bits per heavy atom. The van der Waals surface area contributed by atoms with E-state index in [0.29, 0.717) is 37.3 Å². The van der Waals surface area contributed by atoms with Gasteiger partial charge >= 0.3 is 6.61 Å². The first kappa shape index (κ1) is 22.6. The van der Waals surface area contributed by atoms with Gasteiger partial charge in [-0.05, 0) is 42.3 Å². The van der Waals surface area contributed by atoms with Crippen molar-refractivity contribution in [3.8, 4) is 5.75 Å². The summed E-state index contributed by atoms with van der Waals surface area (Å²) in [7, 11) is 0. The standard InChI is InChI=1S/C22H24F3N3O3/c1-15-2-5-17(12-19(15)23)21(30)28-10-8-27(9-11-28)14-20(29)26-13-16-3-6-18(7-4-16)31-22(24)25/h2-7,12,22H,8-11,13-14H2,1H3,(H,26,29). The molecule has 0 unspecified atom stereocenters. The summed E-state index contributed by atoms with van der Waals surface area (Å²) < 4.78 is 42.3. The largest absolute Gasteiger partial charge is 0.435 e. The number of rotatable bonds is 7. The third kappa shape index (κ3) is 6.45. The summed E-state index contributed by atoms with van der Waals surface area (Å²) in [5, 5.41) is 2.79. The number of alkyl halides is 2. The molecular formula is C22H24F3N3O3. The van der Waals surface area contributed by atoms with E-state index in [9.17, 15) is 22.8 Å². The molecule has 6 nitrogen and oxygen atoms in total. The molecule has 1 aliphatic rings. The molecular weight excluding hydrogens is 411 g/mol. The Labute approximate surface area is 178 Å². The third-order valence-corrected chi connectivity index (χ3v) is 5.08. The molecule has 1 saturated heterocycles. The predicted molar refractivity (Wildman–Crippen MR) is 108 cm³/mol. The van der Waals surface area contributed by atoms with Gasteiger partial charge in [-0.15, -0.1) is 0 Å². The lowest BCUT2D eigenvalue weighted by molar-refractivity contribution is -0.122. The molecule has 1 fully saturated rings. The molecule has 0 radical (unpaired) electrons. The minimum absolute atomic E-state index is 0.0610. The van der Waals surface area contributed by atoms with Crippen LogP contribution in [0.5, 0.6) is 5.75 Å².